The summed E-state index contributed by atoms with van der Waals surface area (Å²) >= 11 is 0. The van der Waals surface area contributed by atoms with Crippen LogP contribution < -0.4 is 5.73 Å². The Morgan fingerprint density at radius 2 is 1.93 bits per heavy atom. The first kappa shape index (κ1) is 11.0. The van der Waals surface area contributed by atoms with Crippen molar-refractivity contribution in [1.82, 2.24) is 0 Å². The molecule has 1 aromatic carbocycles. The topological polar surface area (TPSA) is 89.6 Å². The van der Waals surface area contributed by atoms with Gasteiger partial charge in [0.05, 0.1) is 0 Å². The zero-order valence-corrected chi connectivity index (χ0v) is 7.92. The Kier molecular flexibility index (Phi) is 3.68. The van der Waals surface area contributed by atoms with Gasteiger partial charge in [-0.1, -0.05) is 30.3 Å². The summed E-state index contributed by atoms with van der Waals surface area (Å²) in [6.45, 7) is 0. The van der Waals surface area contributed by atoms with Crippen LogP contribution >= 0.6 is 0 Å². The van der Waals surface area contributed by atoms with E-state index in [-0.39, 0.29) is 6.42 Å². The molecular formula is C10H11NO4. The molecule has 5 nitrogen and oxygen atoms in total. The Morgan fingerprint density at radius 1 is 1.33 bits per heavy atom. The number of rotatable bonds is 4. The molecule has 0 fully saturated rings. The number of hydrogen-bond donors (Lipinski definition) is 2. The zero-order chi connectivity index (χ0) is 11.3. The van der Waals surface area contributed by atoms with Crippen molar-refractivity contribution in [1.29, 1.82) is 0 Å². The third kappa shape index (κ3) is 3.68. The molecule has 0 aliphatic heterocycles. The minimum Gasteiger partial charge on any atom is -0.478 e. The van der Waals surface area contributed by atoms with Gasteiger partial charge in [-0.05, 0) is 5.56 Å². The van der Waals surface area contributed by atoms with Gasteiger partial charge in [-0.15, -0.1) is 0 Å². The number of primary amides is 1. The number of hydrogen-bond acceptors (Lipinski definition) is 3. The summed E-state index contributed by atoms with van der Waals surface area (Å²) in [7, 11) is 0. The maximum absolute atomic E-state index is 10.7. The second kappa shape index (κ2) is 4.99. The van der Waals surface area contributed by atoms with Crippen LogP contribution in [0.3, 0.4) is 0 Å². The van der Waals surface area contributed by atoms with Crippen LogP contribution in [0.2, 0.25) is 0 Å². The summed E-state index contributed by atoms with van der Waals surface area (Å²) in [4.78, 5) is 21.1. The van der Waals surface area contributed by atoms with E-state index in [1.807, 2.05) is 6.07 Å². The minimum atomic E-state index is -1.23. The Hall–Kier alpha value is -2.04. The molecule has 1 amide bonds. The number of carbonyl (C=O) groups is 2. The fourth-order valence-corrected chi connectivity index (χ4v) is 1.15. The maximum atomic E-state index is 10.7. The highest BCUT2D eigenvalue weighted by Gasteiger charge is 2.21. The van der Waals surface area contributed by atoms with Gasteiger partial charge >= 0.3 is 12.1 Å². The van der Waals surface area contributed by atoms with Crippen LogP contribution in [0.15, 0.2) is 30.3 Å². The lowest BCUT2D eigenvalue weighted by molar-refractivity contribution is -0.146. The first-order chi connectivity index (χ1) is 7.09. The van der Waals surface area contributed by atoms with Crippen LogP contribution in [0.5, 0.6) is 0 Å². The molecule has 5 heteroatoms. The summed E-state index contributed by atoms with van der Waals surface area (Å²) in [5, 5.41) is 8.75. The Morgan fingerprint density at radius 3 is 2.40 bits per heavy atom. The van der Waals surface area contributed by atoms with Crippen molar-refractivity contribution in [3.8, 4) is 0 Å². The van der Waals surface area contributed by atoms with Crippen LogP contribution in [-0.4, -0.2) is 23.3 Å². The summed E-state index contributed by atoms with van der Waals surface area (Å²) in [6.07, 6.45) is -2.21. The molecule has 15 heavy (non-hydrogen) atoms. The van der Waals surface area contributed by atoms with E-state index in [0.29, 0.717) is 0 Å². The molecule has 0 saturated heterocycles. The number of carboxylic acids is 1. The van der Waals surface area contributed by atoms with Gasteiger partial charge in [0.1, 0.15) is 0 Å². The van der Waals surface area contributed by atoms with Crippen LogP contribution in [0.4, 0.5) is 4.79 Å². The molecule has 0 heterocycles. The van der Waals surface area contributed by atoms with Crippen molar-refractivity contribution in [2.45, 2.75) is 12.5 Å². The monoisotopic (exact) mass is 209 g/mol. The van der Waals surface area contributed by atoms with Gasteiger partial charge in [0.15, 0.2) is 0 Å². The first-order valence-corrected chi connectivity index (χ1v) is 4.32. The Labute approximate surface area is 86.5 Å². The molecule has 0 radical (unpaired) electrons. The number of carboxylic acid groups (broad SMARTS) is 1. The molecule has 1 aromatic rings. The fraction of sp³-hybridized carbons (Fsp3) is 0.200. The van der Waals surface area contributed by atoms with Gasteiger partial charge < -0.3 is 15.6 Å². The van der Waals surface area contributed by atoms with Crippen LogP contribution in [0.25, 0.3) is 0 Å². The molecule has 1 atom stereocenters. The van der Waals surface area contributed by atoms with Gasteiger partial charge in [-0.25, -0.2) is 9.59 Å². The van der Waals surface area contributed by atoms with E-state index in [4.69, 9.17) is 10.8 Å². The quantitative estimate of drug-likeness (QED) is 0.766. The number of ether oxygens (including phenoxy) is 1. The summed E-state index contributed by atoms with van der Waals surface area (Å²) < 4.78 is 4.46. The van der Waals surface area contributed by atoms with Crippen molar-refractivity contribution in [2.24, 2.45) is 5.73 Å². The minimum absolute atomic E-state index is 0.110. The molecule has 0 aliphatic carbocycles. The van der Waals surface area contributed by atoms with Crippen LogP contribution in [0, 0.1) is 0 Å². The normalized spacial score (nSPS) is 11.7. The van der Waals surface area contributed by atoms with Gasteiger partial charge in [-0.2, -0.15) is 0 Å². The third-order valence-corrected chi connectivity index (χ3v) is 1.80. The molecule has 0 aromatic heterocycles. The van der Waals surface area contributed by atoms with Gasteiger partial charge in [0.25, 0.3) is 0 Å². The number of nitrogens with two attached hydrogens (primary N) is 1. The molecule has 0 unspecified atom stereocenters. The lowest BCUT2D eigenvalue weighted by Gasteiger charge is -2.11. The van der Waals surface area contributed by atoms with E-state index in [1.165, 1.54) is 0 Å². The smallest absolute Gasteiger partial charge is 0.405 e. The molecule has 3 N–H and O–H groups in total. The van der Waals surface area contributed by atoms with Crippen LogP contribution in [-0.2, 0) is 16.0 Å². The lowest BCUT2D eigenvalue weighted by Crippen LogP contribution is -2.31. The van der Waals surface area contributed by atoms with E-state index in [0.717, 1.165) is 5.56 Å². The predicted octanol–water partition coefficient (Wildman–Crippen LogP) is 0.778. The van der Waals surface area contributed by atoms with Crippen molar-refractivity contribution in [3.63, 3.8) is 0 Å². The van der Waals surface area contributed by atoms with E-state index >= 15 is 0 Å². The van der Waals surface area contributed by atoms with Crippen LogP contribution in [0.1, 0.15) is 5.56 Å². The van der Waals surface area contributed by atoms with Crippen molar-refractivity contribution < 1.29 is 19.4 Å². The maximum Gasteiger partial charge on any atom is 0.405 e. The highest BCUT2D eigenvalue weighted by molar-refractivity contribution is 5.76. The molecule has 0 aliphatic rings. The summed E-state index contributed by atoms with van der Waals surface area (Å²) in [5.41, 5.74) is 5.53. The third-order valence-electron chi connectivity index (χ3n) is 1.80. The molecular weight excluding hydrogens is 198 g/mol. The van der Waals surface area contributed by atoms with Crippen molar-refractivity contribution in [3.05, 3.63) is 35.9 Å². The van der Waals surface area contributed by atoms with E-state index in [1.54, 1.807) is 24.3 Å². The van der Waals surface area contributed by atoms with Crippen molar-refractivity contribution in [2.75, 3.05) is 0 Å². The van der Waals surface area contributed by atoms with E-state index in [9.17, 15) is 9.59 Å². The SMILES string of the molecule is NC(=O)O[C@H](Cc1ccccc1)C(=O)O. The molecule has 80 valence electrons. The van der Waals surface area contributed by atoms with Crippen molar-refractivity contribution >= 4 is 12.1 Å². The summed E-state index contributed by atoms with van der Waals surface area (Å²) in [5.74, 6) is -1.21. The second-order valence-electron chi connectivity index (χ2n) is 2.95. The predicted molar refractivity (Wildman–Crippen MR) is 52.2 cm³/mol. The zero-order valence-electron chi connectivity index (χ0n) is 7.92. The number of benzene rings is 1. The average Bonchev–Trinajstić information content (AvgIpc) is 2.17. The Balaban J connectivity index is 2.67. The lowest BCUT2D eigenvalue weighted by atomic mass is 10.1. The Bertz CT molecular complexity index is 350. The fourth-order valence-electron chi connectivity index (χ4n) is 1.15. The van der Waals surface area contributed by atoms with Gasteiger partial charge in [-0.3, -0.25) is 0 Å². The molecule has 0 bridgehead atoms. The summed E-state index contributed by atoms with van der Waals surface area (Å²) in [6, 6.07) is 8.87. The van der Waals surface area contributed by atoms with E-state index in [2.05, 4.69) is 4.74 Å². The average molecular weight is 209 g/mol. The first-order valence-electron chi connectivity index (χ1n) is 4.32. The number of amides is 1. The number of carbonyl (C=O) groups excluding carboxylic acids is 1. The van der Waals surface area contributed by atoms with E-state index < -0.39 is 18.2 Å². The van der Waals surface area contributed by atoms with Gasteiger partial charge in [0.2, 0.25) is 6.10 Å². The highest BCUT2D eigenvalue weighted by atomic mass is 16.6. The molecule has 0 saturated carbocycles. The largest absolute Gasteiger partial charge is 0.478 e. The van der Waals surface area contributed by atoms with Gasteiger partial charge in [0, 0.05) is 6.42 Å². The highest BCUT2D eigenvalue weighted by Crippen LogP contribution is 2.06. The molecule has 1 rings (SSSR count). The molecule has 0 spiro atoms. The second-order valence-corrected chi connectivity index (χ2v) is 2.95. The standard InChI is InChI=1S/C10H11NO4/c11-10(14)15-8(9(12)13)6-7-4-2-1-3-5-7/h1-5,8H,6H2,(H2,11,14)(H,12,13)/t8-/m1/s1. The number of aliphatic carboxylic acids is 1.